The molecule has 0 spiro atoms. The molecule has 0 saturated heterocycles. The van der Waals surface area contributed by atoms with E-state index in [0.717, 1.165) is 11.8 Å². The fraction of sp³-hybridized carbons (Fsp3) is 0.462. The zero-order valence-corrected chi connectivity index (χ0v) is 22.9. The van der Waals surface area contributed by atoms with Crippen LogP contribution in [-0.2, 0) is 26.2 Å². The Hall–Kier alpha value is -2.78. The van der Waals surface area contributed by atoms with E-state index in [-0.39, 0.29) is 37.7 Å². The molecule has 0 aromatic heterocycles. The maximum absolute atomic E-state index is 13.4. The van der Waals surface area contributed by atoms with E-state index in [1.165, 1.54) is 9.21 Å². The molecule has 10 heteroatoms. The number of carbonyl (C=O) groups excluding carboxylic acids is 2. The topological polar surface area (TPSA) is 96.0 Å². The number of nitrogens with one attached hydrogen (secondary N) is 1. The van der Waals surface area contributed by atoms with Crippen molar-refractivity contribution in [3.8, 4) is 5.75 Å². The highest BCUT2D eigenvalue weighted by atomic mass is 35.5. The minimum Gasteiger partial charge on any atom is -0.492 e. The number of hydrogen-bond acceptors (Lipinski definition) is 5. The van der Waals surface area contributed by atoms with E-state index in [2.05, 4.69) is 5.32 Å². The Labute approximate surface area is 219 Å². The molecule has 2 amide bonds. The van der Waals surface area contributed by atoms with E-state index in [4.69, 9.17) is 16.3 Å². The van der Waals surface area contributed by atoms with Crippen molar-refractivity contribution in [1.82, 2.24) is 10.2 Å². The van der Waals surface area contributed by atoms with E-state index in [0.29, 0.717) is 36.0 Å². The minimum atomic E-state index is -3.63. The van der Waals surface area contributed by atoms with Gasteiger partial charge >= 0.3 is 0 Å². The third-order valence-electron chi connectivity index (χ3n) is 5.62. The number of ether oxygens (including phenoxy) is 1. The molecule has 2 rings (SSSR count). The zero-order valence-electron chi connectivity index (χ0n) is 21.4. The summed E-state index contributed by atoms with van der Waals surface area (Å²) in [5, 5.41) is 3.31. The van der Waals surface area contributed by atoms with Gasteiger partial charge in [-0.1, -0.05) is 48.9 Å². The molecular weight excluding hydrogens is 502 g/mol. The van der Waals surface area contributed by atoms with Crippen molar-refractivity contribution < 1.29 is 22.7 Å². The second kappa shape index (κ2) is 14.1. The second-order valence-corrected chi connectivity index (χ2v) is 10.6. The van der Waals surface area contributed by atoms with Crippen molar-refractivity contribution in [2.24, 2.45) is 0 Å². The molecule has 0 saturated carbocycles. The van der Waals surface area contributed by atoms with Crippen molar-refractivity contribution in [2.75, 3.05) is 30.3 Å². The summed E-state index contributed by atoms with van der Waals surface area (Å²) in [6, 6.07) is 13.4. The van der Waals surface area contributed by atoms with Crippen molar-refractivity contribution in [2.45, 2.75) is 52.6 Å². The summed E-state index contributed by atoms with van der Waals surface area (Å²) in [5.74, 6) is -0.0252. The first kappa shape index (κ1) is 29.5. The average molecular weight is 538 g/mol. The lowest BCUT2D eigenvalue weighted by Gasteiger charge is -2.31. The summed E-state index contributed by atoms with van der Waals surface area (Å²) >= 11 is 6.34. The Morgan fingerprint density at radius 3 is 2.33 bits per heavy atom. The van der Waals surface area contributed by atoms with Gasteiger partial charge in [-0.2, -0.15) is 0 Å². The Morgan fingerprint density at radius 1 is 1.06 bits per heavy atom. The number of nitrogens with zero attached hydrogens (tertiary/aromatic N) is 2. The molecule has 0 radical (unpaired) electrons. The summed E-state index contributed by atoms with van der Waals surface area (Å²) in [6.45, 7) is 6.61. The van der Waals surface area contributed by atoms with Crippen LogP contribution in [-0.4, -0.2) is 57.1 Å². The van der Waals surface area contributed by atoms with Crippen LogP contribution in [0.5, 0.6) is 5.75 Å². The van der Waals surface area contributed by atoms with E-state index < -0.39 is 16.1 Å². The van der Waals surface area contributed by atoms with Gasteiger partial charge in [0.1, 0.15) is 11.8 Å². The fourth-order valence-corrected chi connectivity index (χ4v) is 5.11. The first-order chi connectivity index (χ1) is 17.1. The summed E-state index contributed by atoms with van der Waals surface area (Å²) in [6.07, 6.45) is 1.88. The minimum absolute atomic E-state index is 0.0587. The van der Waals surface area contributed by atoms with E-state index >= 15 is 0 Å². The van der Waals surface area contributed by atoms with Gasteiger partial charge in [0.25, 0.3) is 0 Å². The van der Waals surface area contributed by atoms with Crippen molar-refractivity contribution >= 4 is 39.1 Å². The Balaban J connectivity index is 2.25. The first-order valence-corrected chi connectivity index (χ1v) is 14.4. The quantitative estimate of drug-likeness (QED) is 0.389. The second-order valence-electron chi connectivity index (χ2n) is 8.27. The Bertz CT molecular complexity index is 1130. The van der Waals surface area contributed by atoms with Gasteiger partial charge in [0.05, 0.1) is 18.6 Å². The van der Waals surface area contributed by atoms with Gasteiger partial charge < -0.3 is 15.0 Å². The van der Waals surface area contributed by atoms with Gasteiger partial charge in [-0.15, -0.1) is 0 Å². The summed E-state index contributed by atoms with van der Waals surface area (Å²) in [5.41, 5.74) is 1.16. The average Bonchev–Trinajstić information content (AvgIpc) is 2.83. The number of hydrogen-bond donors (Lipinski definition) is 1. The highest BCUT2D eigenvalue weighted by Crippen LogP contribution is 2.30. The molecule has 0 bridgehead atoms. The van der Waals surface area contributed by atoms with Crippen molar-refractivity contribution in [3.05, 3.63) is 59.1 Å². The third-order valence-corrected chi connectivity index (χ3v) is 7.17. The third kappa shape index (κ3) is 8.13. The van der Waals surface area contributed by atoms with Crippen LogP contribution in [0.2, 0.25) is 5.02 Å². The summed E-state index contributed by atoms with van der Waals surface area (Å²) in [4.78, 5) is 27.7. The molecule has 36 heavy (non-hydrogen) atoms. The molecular formula is C26H36ClN3O5S. The van der Waals surface area contributed by atoms with Crippen LogP contribution in [0.1, 0.15) is 45.6 Å². The number of amides is 2. The number of rotatable bonds is 14. The largest absolute Gasteiger partial charge is 0.492 e. The lowest BCUT2D eigenvalue weighted by molar-refractivity contribution is -0.141. The van der Waals surface area contributed by atoms with Crippen LogP contribution in [0.15, 0.2) is 48.5 Å². The summed E-state index contributed by atoms with van der Waals surface area (Å²) in [7, 11) is -3.63. The molecule has 1 unspecified atom stereocenters. The van der Waals surface area contributed by atoms with Crippen LogP contribution in [0, 0.1) is 0 Å². The number of carbonyl (C=O) groups is 2. The van der Waals surface area contributed by atoms with Gasteiger partial charge in [-0.3, -0.25) is 13.9 Å². The molecule has 0 aliphatic rings. The Morgan fingerprint density at radius 2 is 1.72 bits per heavy atom. The lowest BCUT2D eigenvalue weighted by atomic mass is 10.1. The highest BCUT2D eigenvalue weighted by Gasteiger charge is 2.29. The molecule has 198 valence electrons. The maximum Gasteiger partial charge on any atom is 0.242 e. The molecule has 2 aromatic carbocycles. The number of halogens is 1. The number of benzene rings is 2. The monoisotopic (exact) mass is 537 g/mol. The van der Waals surface area contributed by atoms with Crippen LogP contribution < -0.4 is 14.4 Å². The smallest absolute Gasteiger partial charge is 0.242 e. The number of anilines is 1. The molecule has 1 atom stereocenters. The highest BCUT2D eigenvalue weighted by molar-refractivity contribution is 7.92. The van der Waals surface area contributed by atoms with Gasteiger partial charge in [-0.25, -0.2) is 8.42 Å². The molecule has 2 aromatic rings. The Kier molecular flexibility index (Phi) is 11.5. The zero-order chi connectivity index (χ0) is 26.7. The van der Waals surface area contributed by atoms with Crippen LogP contribution in [0.3, 0.4) is 0 Å². The van der Waals surface area contributed by atoms with E-state index in [9.17, 15) is 18.0 Å². The number of likely N-dealkylation sites (N-methyl/N-ethyl adjacent to an activating group) is 1. The lowest BCUT2D eigenvalue weighted by Crippen LogP contribution is -2.49. The van der Waals surface area contributed by atoms with Crippen LogP contribution >= 0.6 is 11.6 Å². The standard InChI is InChI=1S/C26H36ClN3O5S/c1-5-22(26(32)28-6-2)29(19-20-13-8-9-14-21(20)27)25(31)17-12-18-30(36(4,33)34)23-15-10-11-16-24(23)35-7-3/h8-11,13-16,22H,5-7,12,17-19H2,1-4H3,(H,28,32). The molecule has 0 aliphatic heterocycles. The fourth-order valence-electron chi connectivity index (χ4n) is 3.94. The SMILES string of the molecule is CCNC(=O)C(CC)N(Cc1ccccc1Cl)C(=O)CCCN(c1ccccc1OCC)S(C)(=O)=O. The molecule has 0 fully saturated rings. The van der Waals surface area contributed by atoms with Gasteiger partial charge in [-0.05, 0) is 50.5 Å². The number of para-hydroxylation sites is 2. The van der Waals surface area contributed by atoms with Gasteiger partial charge in [0.15, 0.2) is 0 Å². The van der Waals surface area contributed by atoms with Crippen LogP contribution in [0.25, 0.3) is 0 Å². The van der Waals surface area contributed by atoms with Gasteiger partial charge in [0.2, 0.25) is 21.8 Å². The molecule has 8 nitrogen and oxygen atoms in total. The molecule has 0 heterocycles. The molecule has 0 aliphatic carbocycles. The predicted octanol–water partition coefficient (Wildman–Crippen LogP) is 4.23. The van der Waals surface area contributed by atoms with Crippen molar-refractivity contribution in [3.63, 3.8) is 0 Å². The van der Waals surface area contributed by atoms with E-state index in [1.807, 2.05) is 32.9 Å². The van der Waals surface area contributed by atoms with E-state index in [1.54, 1.807) is 36.4 Å². The predicted molar refractivity (Wildman–Crippen MR) is 144 cm³/mol. The number of sulfonamides is 1. The molecule has 1 N–H and O–H groups in total. The normalized spacial score (nSPS) is 12.0. The first-order valence-electron chi connectivity index (χ1n) is 12.1. The van der Waals surface area contributed by atoms with Crippen molar-refractivity contribution in [1.29, 1.82) is 0 Å². The van der Waals surface area contributed by atoms with Crippen LogP contribution in [0.4, 0.5) is 5.69 Å². The maximum atomic E-state index is 13.4. The van der Waals surface area contributed by atoms with Gasteiger partial charge in [0, 0.05) is 31.1 Å². The summed E-state index contributed by atoms with van der Waals surface area (Å²) < 4.78 is 32.1.